The minimum atomic E-state index is -1.13. The van der Waals surface area contributed by atoms with Gasteiger partial charge in [0.25, 0.3) is 5.91 Å². The number of hydroxylamine groups is 2. The lowest BCUT2D eigenvalue weighted by Gasteiger charge is -2.32. The molecule has 2 saturated heterocycles. The first-order valence-corrected chi connectivity index (χ1v) is 12.3. The number of likely N-dealkylation sites (tertiary alicyclic amines) is 1. The monoisotopic (exact) mass is 478 g/mol. The van der Waals surface area contributed by atoms with E-state index in [0.717, 1.165) is 29.8 Å². The van der Waals surface area contributed by atoms with Crippen molar-refractivity contribution < 1.29 is 19.5 Å². The van der Waals surface area contributed by atoms with Gasteiger partial charge in [-0.3, -0.25) is 19.4 Å². The summed E-state index contributed by atoms with van der Waals surface area (Å²) in [6.07, 6.45) is 0.145. The molecular weight excluding hydrogens is 444 g/mol. The number of carbonyl (C=O) groups excluding carboxylic acids is 1. The van der Waals surface area contributed by atoms with E-state index >= 15 is 0 Å². The number of likely N-dealkylation sites (N-methyl/N-ethyl adjacent to an activating group) is 2. The molecule has 2 amide bonds. The topological polar surface area (TPSA) is 76.6 Å². The smallest absolute Gasteiger partial charge is 0.412 e. The van der Waals surface area contributed by atoms with E-state index in [1.807, 2.05) is 62.4 Å². The standard InChI is InChI=1S/C27H34N4O4/c1-17-15-23(24(32)31(17)35-18(2)19-9-7-6-8-10-19)30(26(33)34)20-11-12-22-21(16-20)27(3)13-14-28(4)25(27)29(22)5/h6-12,16-18,23,25H,13-15H2,1-5H3,(H,33,34)/t17?,18?,23?,25-,27+/m1/s1. The summed E-state index contributed by atoms with van der Waals surface area (Å²) < 4.78 is 0. The van der Waals surface area contributed by atoms with Gasteiger partial charge in [0, 0.05) is 36.8 Å². The number of nitrogens with zero attached hydrogens (tertiary/aromatic N) is 4. The molecule has 2 aromatic carbocycles. The largest absolute Gasteiger partial charge is 0.465 e. The fraction of sp³-hybridized carbons (Fsp3) is 0.481. The van der Waals surface area contributed by atoms with Crippen molar-refractivity contribution in [3.05, 3.63) is 59.7 Å². The molecule has 0 aliphatic carbocycles. The van der Waals surface area contributed by atoms with E-state index in [0.29, 0.717) is 12.1 Å². The zero-order chi connectivity index (χ0) is 25.1. The lowest BCUT2D eigenvalue weighted by Crippen LogP contribution is -2.45. The number of carboxylic acid groups (broad SMARTS) is 1. The lowest BCUT2D eigenvalue weighted by atomic mass is 9.81. The Bertz CT molecular complexity index is 1140. The molecule has 0 saturated carbocycles. The Morgan fingerprint density at radius 2 is 1.91 bits per heavy atom. The summed E-state index contributed by atoms with van der Waals surface area (Å²) in [7, 11) is 4.23. The summed E-state index contributed by atoms with van der Waals surface area (Å²) in [5.74, 6) is -0.329. The van der Waals surface area contributed by atoms with E-state index < -0.39 is 12.1 Å². The molecule has 3 heterocycles. The Kier molecular flexibility index (Phi) is 5.76. The van der Waals surface area contributed by atoms with E-state index in [1.54, 1.807) is 0 Å². The molecule has 1 N–H and O–H groups in total. The maximum atomic E-state index is 13.5. The van der Waals surface area contributed by atoms with Crippen molar-refractivity contribution in [2.75, 3.05) is 30.4 Å². The molecule has 3 unspecified atom stereocenters. The van der Waals surface area contributed by atoms with Gasteiger partial charge in [0.2, 0.25) is 0 Å². The number of hydrogen-bond donors (Lipinski definition) is 1. The van der Waals surface area contributed by atoms with Crippen molar-refractivity contribution in [2.45, 2.75) is 63.4 Å². The summed E-state index contributed by atoms with van der Waals surface area (Å²) in [4.78, 5) is 37.9. The van der Waals surface area contributed by atoms with E-state index in [9.17, 15) is 14.7 Å². The number of benzene rings is 2. The van der Waals surface area contributed by atoms with Crippen LogP contribution in [-0.2, 0) is 15.0 Å². The quantitative estimate of drug-likeness (QED) is 0.693. The molecule has 8 heteroatoms. The number of anilines is 2. The van der Waals surface area contributed by atoms with Gasteiger partial charge in [-0.05, 0) is 56.6 Å². The summed E-state index contributed by atoms with van der Waals surface area (Å²) in [6, 6.07) is 14.4. The number of rotatable bonds is 5. The SMILES string of the molecule is CC(ON1C(=O)C(N(C(=O)O)c2ccc3c(c2)[C@]2(C)CCN(C)[C@@H]2N3C)CC1C)c1ccccc1. The Morgan fingerprint density at radius 3 is 2.60 bits per heavy atom. The minimum absolute atomic E-state index is 0.0910. The normalized spacial score (nSPS) is 28.8. The van der Waals surface area contributed by atoms with Crippen LogP contribution in [0.1, 0.15) is 50.8 Å². The molecule has 5 atom stereocenters. The highest BCUT2D eigenvalue weighted by Gasteiger charge is 2.53. The second-order valence-corrected chi connectivity index (χ2v) is 10.4. The molecule has 5 rings (SSSR count). The number of fused-ring (bicyclic) bond motifs is 3. The molecule has 186 valence electrons. The minimum Gasteiger partial charge on any atom is -0.465 e. The van der Waals surface area contributed by atoms with Gasteiger partial charge >= 0.3 is 6.09 Å². The van der Waals surface area contributed by atoms with E-state index in [2.05, 4.69) is 30.8 Å². The average Bonchev–Trinajstić information content (AvgIpc) is 3.37. The van der Waals surface area contributed by atoms with Gasteiger partial charge in [-0.25, -0.2) is 9.86 Å². The Labute approximate surface area is 206 Å². The summed E-state index contributed by atoms with van der Waals surface area (Å²) in [5.41, 5.74) is 3.66. The maximum absolute atomic E-state index is 13.5. The highest BCUT2D eigenvalue weighted by atomic mass is 16.7. The van der Waals surface area contributed by atoms with Crippen LogP contribution in [0.25, 0.3) is 0 Å². The van der Waals surface area contributed by atoms with Crippen molar-refractivity contribution in [3.63, 3.8) is 0 Å². The summed E-state index contributed by atoms with van der Waals surface area (Å²) >= 11 is 0. The maximum Gasteiger partial charge on any atom is 0.412 e. The van der Waals surface area contributed by atoms with Gasteiger partial charge in [-0.1, -0.05) is 37.3 Å². The second kappa shape index (κ2) is 8.53. The molecule has 35 heavy (non-hydrogen) atoms. The highest BCUT2D eigenvalue weighted by molar-refractivity contribution is 5.98. The predicted molar refractivity (Wildman–Crippen MR) is 134 cm³/mol. The van der Waals surface area contributed by atoms with Gasteiger partial charge in [-0.2, -0.15) is 0 Å². The number of carbonyl (C=O) groups is 2. The molecule has 2 aromatic rings. The zero-order valence-corrected chi connectivity index (χ0v) is 21.0. The van der Waals surface area contributed by atoms with Gasteiger partial charge in [-0.15, -0.1) is 0 Å². The molecule has 3 aliphatic heterocycles. The fourth-order valence-corrected chi connectivity index (χ4v) is 6.35. The van der Waals surface area contributed by atoms with Crippen LogP contribution in [-0.4, -0.2) is 66.0 Å². The lowest BCUT2D eigenvalue weighted by molar-refractivity contribution is -0.208. The van der Waals surface area contributed by atoms with E-state index in [4.69, 9.17) is 4.84 Å². The first-order chi connectivity index (χ1) is 16.6. The molecule has 3 aliphatic rings. The summed E-state index contributed by atoms with van der Waals surface area (Å²) in [6.45, 7) is 7.03. The molecule has 0 radical (unpaired) electrons. The van der Waals surface area contributed by atoms with Crippen LogP contribution in [0, 0.1) is 0 Å². The molecular formula is C27H34N4O4. The van der Waals surface area contributed by atoms with Crippen LogP contribution in [0.4, 0.5) is 16.2 Å². The Hall–Kier alpha value is -3.10. The molecule has 0 bridgehead atoms. The highest BCUT2D eigenvalue weighted by Crippen LogP contribution is 2.52. The van der Waals surface area contributed by atoms with Gasteiger partial charge < -0.3 is 10.0 Å². The van der Waals surface area contributed by atoms with Crippen molar-refractivity contribution >= 4 is 23.4 Å². The summed E-state index contributed by atoms with van der Waals surface area (Å²) in [5, 5.41) is 11.6. The van der Waals surface area contributed by atoms with Crippen LogP contribution in [0.15, 0.2) is 48.5 Å². The first kappa shape index (κ1) is 23.6. The third kappa shape index (κ3) is 3.67. The van der Waals surface area contributed by atoms with Gasteiger partial charge in [0.05, 0.1) is 12.2 Å². The van der Waals surface area contributed by atoms with Crippen molar-refractivity contribution in [1.82, 2.24) is 9.96 Å². The van der Waals surface area contributed by atoms with Crippen LogP contribution in [0.5, 0.6) is 0 Å². The number of hydrogen-bond acceptors (Lipinski definition) is 5. The van der Waals surface area contributed by atoms with Crippen LogP contribution < -0.4 is 9.80 Å². The van der Waals surface area contributed by atoms with Gasteiger partial charge in [0.1, 0.15) is 12.1 Å². The fourth-order valence-electron chi connectivity index (χ4n) is 6.35. The van der Waals surface area contributed by atoms with Gasteiger partial charge in [0.15, 0.2) is 0 Å². The third-order valence-corrected chi connectivity index (χ3v) is 8.12. The van der Waals surface area contributed by atoms with Crippen LogP contribution in [0.2, 0.25) is 0 Å². The van der Waals surface area contributed by atoms with Crippen molar-refractivity contribution in [1.29, 1.82) is 0 Å². The van der Waals surface area contributed by atoms with Crippen LogP contribution in [0.3, 0.4) is 0 Å². The molecule has 0 aromatic heterocycles. The Morgan fingerprint density at radius 1 is 1.20 bits per heavy atom. The first-order valence-electron chi connectivity index (χ1n) is 12.3. The second-order valence-electron chi connectivity index (χ2n) is 10.4. The third-order valence-electron chi connectivity index (χ3n) is 8.12. The van der Waals surface area contributed by atoms with E-state index in [1.165, 1.54) is 9.96 Å². The molecule has 0 spiro atoms. The van der Waals surface area contributed by atoms with Crippen LogP contribution >= 0.6 is 0 Å². The van der Waals surface area contributed by atoms with E-state index in [-0.39, 0.29) is 29.6 Å². The molecule has 2 fully saturated rings. The molecule has 8 nitrogen and oxygen atoms in total. The zero-order valence-electron chi connectivity index (χ0n) is 21.0. The van der Waals surface area contributed by atoms with Crippen molar-refractivity contribution in [3.8, 4) is 0 Å². The van der Waals surface area contributed by atoms with Crippen molar-refractivity contribution in [2.24, 2.45) is 0 Å². The number of amides is 2. The Balaban J connectivity index is 1.43. The average molecular weight is 479 g/mol. The predicted octanol–water partition coefficient (Wildman–Crippen LogP) is 4.22.